The number of benzene rings is 1. The van der Waals surface area contributed by atoms with Gasteiger partial charge in [0.15, 0.2) is 11.5 Å². The minimum Gasteiger partial charge on any atom is -0.351 e. The molecule has 1 aliphatic carbocycles. The highest BCUT2D eigenvalue weighted by atomic mass is 32.2. The minimum absolute atomic E-state index is 0.00184. The van der Waals surface area contributed by atoms with Crippen LogP contribution in [0.1, 0.15) is 64.8 Å². The molecule has 4 heterocycles. The lowest BCUT2D eigenvalue weighted by Crippen LogP contribution is -2.69. The number of aromatic nitrogens is 3. The molecule has 2 aliphatic heterocycles. The predicted molar refractivity (Wildman–Crippen MR) is 177 cm³/mol. The summed E-state index contributed by atoms with van der Waals surface area (Å²) < 4.78 is 58.3. The van der Waals surface area contributed by atoms with Gasteiger partial charge in [-0.2, -0.15) is 0 Å². The van der Waals surface area contributed by atoms with Crippen LogP contribution in [0.25, 0.3) is 21.8 Å². The number of amides is 1. The third kappa shape index (κ3) is 6.48. The molecule has 0 atom stereocenters. The Balaban J connectivity index is 1.19. The van der Waals surface area contributed by atoms with Gasteiger partial charge in [-0.3, -0.25) is 9.52 Å². The number of sulfonamides is 1. The summed E-state index contributed by atoms with van der Waals surface area (Å²) in [4.78, 5) is 29.2. The van der Waals surface area contributed by atoms with Crippen LogP contribution in [0.3, 0.4) is 0 Å². The number of anilines is 2. The molecule has 3 fully saturated rings. The summed E-state index contributed by atoms with van der Waals surface area (Å²) in [6.45, 7) is 10.0. The molecular weight excluding hydrogens is 633 g/mol. The van der Waals surface area contributed by atoms with E-state index in [1.54, 1.807) is 36.2 Å². The van der Waals surface area contributed by atoms with Gasteiger partial charge in [0.05, 0.1) is 32.7 Å². The molecule has 1 amide bonds. The van der Waals surface area contributed by atoms with E-state index in [9.17, 15) is 13.2 Å². The van der Waals surface area contributed by atoms with E-state index in [2.05, 4.69) is 20.3 Å². The van der Waals surface area contributed by atoms with Crippen molar-refractivity contribution in [1.29, 1.82) is 0 Å². The summed E-state index contributed by atoms with van der Waals surface area (Å²) in [5.74, 6) is -0.756. The average molecular weight is 674 g/mol. The lowest BCUT2D eigenvalue weighted by atomic mass is 9.60. The highest BCUT2D eigenvalue weighted by molar-refractivity contribution is 7.92. The molecule has 46 heavy (non-hydrogen) atoms. The number of rotatable bonds is 9. The van der Waals surface area contributed by atoms with E-state index >= 15 is 8.78 Å². The summed E-state index contributed by atoms with van der Waals surface area (Å²) in [6.07, 6.45) is 4.16. The molecule has 1 aromatic carbocycles. The third-order valence-electron chi connectivity index (χ3n) is 8.96. The van der Waals surface area contributed by atoms with Crippen molar-refractivity contribution in [1.82, 2.24) is 25.2 Å². The maximum Gasteiger partial charge on any atom is 0.260 e. The number of hydrogen-bond acceptors (Lipinski definition) is 9. The van der Waals surface area contributed by atoms with E-state index in [-0.39, 0.29) is 52.6 Å². The van der Waals surface area contributed by atoms with Crippen LogP contribution in [0.5, 0.6) is 0 Å². The van der Waals surface area contributed by atoms with Gasteiger partial charge in [0.2, 0.25) is 16.0 Å². The van der Waals surface area contributed by atoms with E-state index < -0.39 is 21.5 Å². The Morgan fingerprint density at radius 3 is 2.54 bits per heavy atom. The number of alkyl halides is 1. The van der Waals surface area contributed by atoms with Crippen molar-refractivity contribution in [3.05, 3.63) is 41.3 Å². The molecule has 3 aromatic rings. The molecule has 6 rings (SSSR count). The SMILES string of the molecule is CCCS(=O)(=O)Nc1cccc(-c2nc(C(C)(C)C)sc2-c2ccnc(NC3CC4(C3)CN(C(=O)C3(F)CCNCC3)C4)n2)c1F. The fraction of sp³-hybridized carbons (Fsp3) is 0.562. The summed E-state index contributed by atoms with van der Waals surface area (Å²) in [5, 5.41) is 7.30. The number of carbonyl (C=O) groups excluding carboxylic acids is 1. The predicted octanol–water partition coefficient (Wildman–Crippen LogP) is 5.35. The smallest absolute Gasteiger partial charge is 0.260 e. The molecule has 3 aliphatic rings. The molecular formula is C32H41F2N7O3S2. The van der Waals surface area contributed by atoms with Crippen LogP contribution in [0, 0.1) is 11.2 Å². The zero-order chi connectivity index (χ0) is 32.9. The van der Waals surface area contributed by atoms with Crippen molar-refractivity contribution in [3.63, 3.8) is 0 Å². The fourth-order valence-corrected chi connectivity index (χ4v) is 8.83. The average Bonchev–Trinajstić information content (AvgIpc) is 3.41. The quantitative estimate of drug-likeness (QED) is 0.277. The topological polar surface area (TPSA) is 129 Å². The summed E-state index contributed by atoms with van der Waals surface area (Å²) in [7, 11) is -3.70. The second kappa shape index (κ2) is 12.1. The van der Waals surface area contributed by atoms with E-state index in [1.165, 1.54) is 17.4 Å². The first-order valence-electron chi connectivity index (χ1n) is 15.8. The van der Waals surface area contributed by atoms with E-state index in [1.807, 2.05) is 20.8 Å². The number of thiazole rings is 1. The highest BCUT2D eigenvalue weighted by Crippen LogP contribution is 2.50. The summed E-state index contributed by atoms with van der Waals surface area (Å²) in [6, 6.07) is 6.47. The number of carbonyl (C=O) groups is 1. The van der Waals surface area contributed by atoms with E-state index in [0.717, 1.165) is 17.8 Å². The first kappa shape index (κ1) is 32.7. The fourth-order valence-electron chi connectivity index (χ4n) is 6.59. The first-order valence-corrected chi connectivity index (χ1v) is 18.3. The highest BCUT2D eigenvalue weighted by Gasteiger charge is 2.56. The molecule has 1 saturated carbocycles. The van der Waals surface area contributed by atoms with Crippen molar-refractivity contribution in [3.8, 4) is 21.8 Å². The van der Waals surface area contributed by atoms with Crippen molar-refractivity contribution >= 4 is 38.9 Å². The van der Waals surface area contributed by atoms with Crippen LogP contribution in [0.2, 0.25) is 0 Å². The van der Waals surface area contributed by atoms with Gasteiger partial charge in [-0.1, -0.05) is 33.8 Å². The Morgan fingerprint density at radius 1 is 1.15 bits per heavy atom. The molecule has 0 radical (unpaired) electrons. The van der Waals surface area contributed by atoms with Crippen molar-refractivity contribution in [2.24, 2.45) is 5.41 Å². The molecule has 1 spiro atoms. The van der Waals surface area contributed by atoms with Crippen LogP contribution < -0.4 is 15.4 Å². The van der Waals surface area contributed by atoms with Crippen LogP contribution in [-0.2, 0) is 20.2 Å². The van der Waals surface area contributed by atoms with Gasteiger partial charge in [0.1, 0.15) is 0 Å². The van der Waals surface area contributed by atoms with Crippen molar-refractivity contribution < 1.29 is 22.0 Å². The summed E-state index contributed by atoms with van der Waals surface area (Å²) >= 11 is 1.42. The number of hydrogen-bond donors (Lipinski definition) is 3. The van der Waals surface area contributed by atoms with Gasteiger partial charge < -0.3 is 15.5 Å². The molecule has 3 N–H and O–H groups in total. The molecule has 0 unspecified atom stereocenters. The Morgan fingerprint density at radius 2 is 1.87 bits per heavy atom. The third-order valence-corrected chi connectivity index (χ3v) is 11.9. The van der Waals surface area contributed by atoms with E-state index in [4.69, 9.17) is 9.97 Å². The molecule has 14 heteroatoms. The van der Waals surface area contributed by atoms with Crippen LogP contribution in [-0.4, -0.2) is 77.8 Å². The molecule has 248 valence electrons. The second-order valence-corrected chi connectivity index (χ2v) is 16.8. The van der Waals surface area contributed by atoms with E-state index in [0.29, 0.717) is 54.8 Å². The first-order chi connectivity index (χ1) is 21.7. The normalized spacial score (nSPS) is 19.4. The molecule has 10 nitrogen and oxygen atoms in total. The van der Waals surface area contributed by atoms with Crippen LogP contribution in [0.4, 0.5) is 20.4 Å². The van der Waals surface area contributed by atoms with Gasteiger partial charge in [0, 0.05) is 54.6 Å². The number of nitrogens with one attached hydrogen (secondary N) is 3. The van der Waals surface area contributed by atoms with Gasteiger partial charge in [-0.15, -0.1) is 11.3 Å². The van der Waals surface area contributed by atoms with Crippen molar-refractivity contribution in [2.45, 2.75) is 76.9 Å². The molecule has 0 bridgehead atoms. The largest absolute Gasteiger partial charge is 0.351 e. The second-order valence-electron chi connectivity index (χ2n) is 13.9. The molecule has 2 saturated heterocycles. The van der Waals surface area contributed by atoms with Crippen LogP contribution in [0.15, 0.2) is 30.5 Å². The maximum atomic E-state index is 15.9. The number of halogens is 2. The Hall–Kier alpha value is -3.23. The number of likely N-dealkylation sites (tertiary alicyclic amines) is 1. The zero-order valence-corrected chi connectivity index (χ0v) is 28.3. The Bertz CT molecular complexity index is 1720. The summed E-state index contributed by atoms with van der Waals surface area (Å²) in [5.41, 5.74) is -1.07. The number of nitrogens with zero attached hydrogens (tertiary/aromatic N) is 4. The van der Waals surface area contributed by atoms with Gasteiger partial charge in [-0.05, 0) is 50.6 Å². The van der Waals surface area contributed by atoms with Crippen molar-refractivity contribution in [2.75, 3.05) is 42.0 Å². The standard InChI is InChI=1S/C32H41F2N7O3S2/c1-5-15-46(43,44)40-22-8-6-7-21(24(22)33)25-26(45-27(39-25)30(2,3)4)23-9-12-36-29(38-23)37-20-16-31(17-20)18-41(19-31)28(42)32(34)10-13-35-14-11-32/h6-9,12,20,35,40H,5,10-11,13-19H2,1-4H3,(H,36,37,38). The number of piperidine rings is 1. The Labute approximate surface area is 272 Å². The maximum absolute atomic E-state index is 15.9. The van der Waals surface area contributed by atoms with Gasteiger partial charge >= 0.3 is 0 Å². The lowest BCUT2D eigenvalue weighted by molar-refractivity contribution is -0.165. The molecule has 2 aromatic heterocycles. The zero-order valence-electron chi connectivity index (χ0n) is 26.6. The van der Waals surface area contributed by atoms with Crippen LogP contribution >= 0.6 is 11.3 Å². The lowest BCUT2D eigenvalue weighted by Gasteiger charge is -2.59. The van der Waals surface area contributed by atoms with Gasteiger partial charge in [-0.25, -0.2) is 32.2 Å². The van der Waals surface area contributed by atoms with Gasteiger partial charge in [0.25, 0.3) is 5.91 Å². The Kier molecular flexibility index (Phi) is 8.60. The monoisotopic (exact) mass is 673 g/mol. The minimum atomic E-state index is -3.70.